The highest BCUT2D eigenvalue weighted by atomic mass is 19.2. The topological polar surface area (TPSA) is 54.9 Å². The van der Waals surface area contributed by atoms with Crippen molar-refractivity contribution in [3.05, 3.63) is 53.9 Å². The molecule has 0 saturated heterocycles. The van der Waals surface area contributed by atoms with Crippen LogP contribution < -0.4 is 5.32 Å². The van der Waals surface area contributed by atoms with Crippen LogP contribution in [0, 0.1) is 17.6 Å². The molecule has 18 heavy (non-hydrogen) atoms. The van der Waals surface area contributed by atoms with Gasteiger partial charge in [-0.2, -0.15) is 4.39 Å². The smallest absolute Gasteiger partial charge is 0.258 e. The highest BCUT2D eigenvalue weighted by Crippen LogP contribution is 2.13. The van der Waals surface area contributed by atoms with Crippen molar-refractivity contribution in [1.29, 1.82) is 0 Å². The van der Waals surface area contributed by atoms with Crippen molar-refractivity contribution >= 4 is 11.6 Å². The van der Waals surface area contributed by atoms with Crippen LogP contribution in [-0.2, 0) is 0 Å². The summed E-state index contributed by atoms with van der Waals surface area (Å²) in [5.41, 5.74) is -0.483. The molecule has 0 aliphatic rings. The summed E-state index contributed by atoms with van der Waals surface area (Å²) in [5, 5.41) is 2.19. The van der Waals surface area contributed by atoms with E-state index >= 15 is 0 Å². The maximum atomic E-state index is 13.2. The lowest BCUT2D eigenvalue weighted by Crippen LogP contribution is -2.15. The largest absolute Gasteiger partial charge is 0.320 e. The van der Waals surface area contributed by atoms with Crippen LogP contribution in [0.1, 0.15) is 10.4 Å². The quantitative estimate of drug-likeness (QED) is 0.834. The Kier molecular flexibility index (Phi) is 3.22. The normalized spacial score (nSPS) is 10.2. The standard InChI is InChI=1S/C11H6F3N3O/c12-6-3-7(5-15-4-6)17-11(18)8-1-2-16-10(14)9(8)13/h1-5H,(H,17,18). The average Bonchev–Trinajstić information content (AvgIpc) is 2.32. The Balaban J connectivity index is 2.25. The first-order valence-corrected chi connectivity index (χ1v) is 4.80. The van der Waals surface area contributed by atoms with Crippen molar-refractivity contribution in [3.63, 3.8) is 0 Å². The van der Waals surface area contributed by atoms with Crippen LogP contribution in [0.2, 0.25) is 0 Å². The van der Waals surface area contributed by atoms with Crippen LogP contribution in [0.25, 0.3) is 0 Å². The van der Waals surface area contributed by atoms with E-state index in [1.54, 1.807) is 0 Å². The third-order valence-electron chi connectivity index (χ3n) is 2.05. The molecule has 0 bridgehead atoms. The minimum atomic E-state index is -1.37. The minimum absolute atomic E-state index is 0.0385. The Morgan fingerprint density at radius 3 is 2.72 bits per heavy atom. The molecule has 0 fully saturated rings. The molecular formula is C11H6F3N3O. The highest BCUT2D eigenvalue weighted by Gasteiger charge is 2.16. The van der Waals surface area contributed by atoms with Gasteiger partial charge in [-0.3, -0.25) is 9.78 Å². The Morgan fingerprint density at radius 1 is 1.22 bits per heavy atom. The Hall–Kier alpha value is -2.44. The first kappa shape index (κ1) is 12.0. The van der Waals surface area contributed by atoms with Crippen molar-refractivity contribution in [2.24, 2.45) is 0 Å². The second-order valence-corrected chi connectivity index (χ2v) is 3.31. The van der Waals surface area contributed by atoms with E-state index in [9.17, 15) is 18.0 Å². The maximum Gasteiger partial charge on any atom is 0.258 e. The maximum absolute atomic E-state index is 13.2. The molecule has 0 unspecified atom stereocenters. The van der Waals surface area contributed by atoms with Crippen molar-refractivity contribution in [3.8, 4) is 0 Å². The Labute approximate surface area is 99.5 Å². The van der Waals surface area contributed by atoms with Gasteiger partial charge in [0, 0.05) is 12.3 Å². The number of carbonyl (C=O) groups excluding carboxylic acids is 1. The number of hydrogen-bond acceptors (Lipinski definition) is 3. The second kappa shape index (κ2) is 4.82. The van der Waals surface area contributed by atoms with Crippen molar-refractivity contribution in [2.45, 2.75) is 0 Å². The van der Waals surface area contributed by atoms with E-state index in [1.807, 2.05) is 0 Å². The first-order chi connectivity index (χ1) is 8.58. The molecule has 0 spiro atoms. The monoisotopic (exact) mass is 253 g/mol. The molecule has 0 aromatic carbocycles. The van der Waals surface area contributed by atoms with Crippen molar-refractivity contribution in [1.82, 2.24) is 9.97 Å². The fourth-order valence-corrected chi connectivity index (χ4v) is 1.27. The number of hydrogen-bond donors (Lipinski definition) is 1. The van der Waals surface area contributed by atoms with Crippen LogP contribution in [0.15, 0.2) is 30.7 Å². The predicted molar refractivity (Wildman–Crippen MR) is 56.3 cm³/mol. The van der Waals surface area contributed by atoms with Gasteiger partial charge in [0.05, 0.1) is 23.6 Å². The molecule has 4 nitrogen and oxygen atoms in total. The molecule has 92 valence electrons. The fraction of sp³-hybridized carbons (Fsp3) is 0. The molecule has 2 rings (SSSR count). The van der Waals surface area contributed by atoms with E-state index in [-0.39, 0.29) is 5.69 Å². The number of amides is 1. The average molecular weight is 253 g/mol. The summed E-state index contributed by atoms with van der Waals surface area (Å²) in [6, 6.07) is 2.01. The third-order valence-corrected chi connectivity index (χ3v) is 2.05. The summed E-state index contributed by atoms with van der Waals surface area (Å²) < 4.78 is 38.9. The third kappa shape index (κ3) is 2.45. The summed E-state index contributed by atoms with van der Waals surface area (Å²) in [5.74, 6) is -4.31. The molecule has 7 heteroatoms. The Morgan fingerprint density at radius 2 is 2.00 bits per heavy atom. The van der Waals surface area contributed by atoms with Gasteiger partial charge in [-0.15, -0.1) is 0 Å². The molecule has 2 aromatic rings. The molecule has 0 aliphatic carbocycles. The van der Waals surface area contributed by atoms with Gasteiger partial charge in [-0.05, 0) is 6.07 Å². The van der Waals surface area contributed by atoms with Gasteiger partial charge >= 0.3 is 0 Å². The van der Waals surface area contributed by atoms with Crippen molar-refractivity contribution < 1.29 is 18.0 Å². The van der Waals surface area contributed by atoms with Crippen LogP contribution in [-0.4, -0.2) is 15.9 Å². The summed E-state index contributed by atoms with van der Waals surface area (Å²) >= 11 is 0. The van der Waals surface area contributed by atoms with E-state index in [4.69, 9.17) is 0 Å². The zero-order valence-electron chi connectivity index (χ0n) is 8.82. The molecule has 0 atom stereocenters. The number of carbonyl (C=O) groups is 1. The van der Waals surface area contributed by atoms with Crippen LogP contribution in [0.5, 0.6) is 0 Å². The van der Waals surface area contributed by atoms with E-state index in [0.29, 0.717) is 0 Å². The lowest BCUT2D eigenvalue weighted by Gasteiger charge is -2.05. The van der Waals surface area contributed by atoms with E-state index in [2.05, 4.69) is 15.3 Å². The van der Waals surface area contributed by atoms with E-state index in [0.717, 1.165) is 24.5 Å². The molecule has 2 heterocycles. The zero-order chi connectivity index (χ0) is 13.1. The molecule has 1 N–H and O–H groups in total. The Bertz CT molecular complexity index is 604. The SMILES string of the molecule is O=C(Nc1cncc(F)c1)c1ccnc(F)c1F. The lowest BCUT2D eigenvalue weighted by molar-refractivity contribution is 0.102. The van der Waals surface area contributed by atoms with E-state index in [1.165, 1.54) is 6.20 Å². The molecule has 0 aliphatic heterocycles. The van der Waals surface area contributed by atoms with Crippen LogP contribution >= 0.6 is 0 Å². The number of pyridine rings is 2. The molecule has 1 amide bonds. The zero-order valence-corrected chi connectivity index (χ0v) is 8.82. The van der Waals surface area contributed by atoms with Gasteiger partial charge in [0.25, 0.3) is 5.91 Å². The summed E-state index contributed by atoms with van der Waals surface area (Å²) in [6.07, 6.45) is 3.08. The molecule has 0 saturated carbocycles. The van der Waals surface area contributed by atoms with Gasteiger partial charge in [-0.1, -0.05) is 0 Å². The van der Waals surface area contributed by atoms with Gasteiger partial charge < -0.3 is 5.32 Å². The summed E-state index contributed by atoms with van der Waals surface area (Å²) in [4.78, 5) is 18.2. The van der Waals surface area contributed by atoms with Gasteiger partial charge in [0.15, 0.2) is 5.82 Å². The number of aromatic nitrogens is 2. The summed E-state index contributed by atoms with van der Waals surface area (Å²) in [7, 11) is 0. The van der Waals surface area contributed by atoms with Gasteiger partial charge in [0.2, 0.25) is 5.95 Å². The fourth-order valence-electron chi connectivity index (χ4n) is 1.27. The second-order valence-electron chi connectivity index (χ2n) is 3.31. The molecular weight excluding hydrogens is 247 g/mol. The number of halogens is 3. The van der Waals surface area contributed by atoms with Crippen LogP contribution in [0.4, 0.5) is 18.9 Å². The predicted octanol–water partition coefficient (Wildman–Crippen LogP) is 2.15. The molecule has 0 radical (unpaired) electrons. The molecule has 2 aromatic heterocycles. The first-order valence-electron chi connectivity index (χ1n) is 4.80. The van der Waals surface area contributed by atoms with Crippen molar-refractivity contribution in [2.75, 3.05) is 5.32 Å². The minimum Gasteiger partial charge on any atom is -0.320 e. The number of nitrogens with zero attached hydrogens (tertiary/aromatic N) is 2. The van der Waals surface area contributed by atoms with Gasteiger partial charge in [0.1, 0.15) is 5.82 Å². The highest BCUT2D eigenvalue weighted by molar-refractivity contribution is 6.04. The van der Waals surface area contributed by atoms with E-state index < -0.39 is 29.1 Å². The summed E-state index contributed by atoms with van der Waals surface area (Å²) in [6.45, 7) is 0. The number of anilines is 1. The number of rotatable bonds is 2. The number of nitrogens with one attached hydrogen (secondary N) is 1. The lowest BCUT2D eigenvalue weighted by atomic mass is 10.2. The van der Waals surface area contributed by atoms with Crippen LogP contribution in [0.3, 0.4) is 0 Å². The van der Waals surface area contributed by atoms with Gasteiger partial charge in [-0.25, -0.2) is 13.8 Å².